The van der Waals surface area contributed by atoms with E-state index in [1.165, 1.54) is 0 Å². The summed E-state index contributed by atoms with van der Waals surface area (Å²) in [5, 5.41) is 3.00. The second-order valence-corrected chi connectivity index (χ2v) is 4.01. The Morgan fingerprint density at radius 1 is 1.11 bits per heavy atom. The molecule has 0 saturated carbocycles. The van der Waals surface area contributed by atoms with Gasteiger partial charge in [0.25, 0.3) is 0 Å². The van der Waals surface area contributed by atoms with Crippen molar-refractivity contribution >= 4 is 5.82 Å². The Morgan fingerprint density at radius 3 is 2.74 bits per heavy atom. The van der Waals surface area contributed by atoms with Crippen LogP contribution in [0.2, 0.25) is 0 Å². The molecule has 1 N–H and O–H groups in total. The minimum absolute atomic E-state index is 0.550. The average molecular weight is 258 g/mol. The molecule has 4 nitrogen and oxygen atoms in total. The van der Waals surface area contributed by atoms with Gasteiger partial charge in [0.05, 0.1) is 13.2 Å². The minimum atomic E-state index is 0.550. The van der Waals surface area contributed by atoms with Gasteiger partial charge in [0.2, 0.25) is 0 Å². The molecular formula is C15H18N2O2. The number of benzene rings is 1. The van der Waals surface area contributed by atoms with Crippen molar-refractivity contribution in [1.29, 1.82) is 0 Å². The zero-order valence-corrected chi connectivity index (χ0v) is 11.0. The smallest absolute Gasteiger partial charge is 0.125 e. The summed E-state index contributed by atoms with van der Waals surface area (Å²) in [6, 6.07) is 13.6. The summed E-state index contributed by atoms with van der Waals surface area (Å²) in [5.41, 5.74) is 1.10. The molecule has 100 valence electrons. The van der Waals surface area contributed by atoms with E-state index in [-0.39, 0.29) is 0 Å². The molecule has 0 aliphatic carbocycles. The second kappa shape index (κ2) is 7.38. The molecule has 0 radical (unpaired) electrons. The summed E-state index contributed by atoms with van der Waals surface area (Å²) in [7, 11) is 1.85. The van der Waals surface area contributed by atoms with Gasteiger partial charge < -0.3 is 14.8 Å². The van der Waals surface area contributed by atoms with E-state index in [2.05, 4.69) is 10.3 Å². The second-order valence-electron chi connectivity index (χ2n) is 4.01. The standard InChI is InChI=1S/C15H18N2O2/c1-16-15-11-13(7-8-17-15)12-18-9-10-19-14-5-3-2-4-6-14/h2-8,11H,9-10,12H2,1H3,(H,16,17). The lowest BCUT2D eigenvalue weighted by Gasteiger charge is -2.07. The van der Waals surface area contributed by atoms with Gasteiger partial charge in [-0.25, -0.2) is 4.98 Å². The average Bonchev–Trinajstić information content (AvgIpc) is 2.48. The maximum atomic E-state index is 5.56. The van der Waals surface area contributed by atoms with Crippen molar-refractivity contribution in [3.05, 3.63) is 54.2 Å². The molecule has 19 heavy (non-hydrogen) atoms. The van der Waals surface area contributed by atoms with Gasteiger partial charge in [-0.1, -0.05) is 18.2 Å². The molecule has 2 aromatic rings. The van der Waals surface area contributed by atoms with Crippen molar-refractivity contribution in [3.8, 4) is 5.75 Å². The summed E-state index contributed by atoms with van der Waals surface area (Å²) < 4.78 is 11.1. The van der Waals surface area contributed by atoms with Gasteiger partial charge in [0, 0.05) is 13.2 Å². The topological polar surface area (TPSA) is 43.4 Å². The SMILES string of the molecule is CNc1cc(COCCOc2ccccc2)ccn1. The maximum absolute atomic E-state index is 5.56. The molecule has 0 atom stereocenters. The van der Waals surface area contributed by atoms with Crippen LogP contribution in [0.4, 0.5) is 5.82 Å². The third kappa shape index (κ3) is 4.60. The Morgan fingerprint density at radius 2 is 1.95 bits per heavy atom. The Labute approximate surface area is 113 Å². The van der Waals surface area contributed by atoms with Gasteiger partial charge >= 0.3 is 0 Å². The van der Waals surface area contributed by atoms with Crippen molar-refractivity contribution in [3.63, 3.8) is 0 Å². The van der Waals surface area contributed by atoms with Gasteiger partial charge in [0.15, 0.2) is 0 Å². The summed E-state index contributed by atoms with van der Waals surface area (Å²) in [4.78, 5) is 4.15. The minimum Gasteiger partial charge on any atom is -0.491 e. The summed E-state index contributed by atoms with van der Waals surface area (Å²) in [6.07, 6.45) is 1.77. The van der Waals surface area contributed by atoms with Gasteiger partial charge in [0.1, 0.15) is 18.2 Å². The molecule has 0 amide bonds. The molecule has 0 aliphatic rings. The molecule has 2 rings (SSSR count). The number of nitrogens with one attached hydrogen (secondary N) is 1. The van der Waals surface area contributed by atoms with Crippen molar-refractivity contribution in [2.24, 2.45) is 0 Å². The molecule has 0 unspecified atom stereocenters. The van der Waals surface area contributed by atoms with Crippen molar-refractivity contribution < 1.29 is 9.47 Å². The van der Waals surface area contributed by atoms with Crippen LogP contribution < -0.4 is 10.1 Å². The fourth-order valence-electron chi connectivity index (χ4n) is 1.63. The van der Waals surface area contributed by atoms with Crippen molar-refractivity contribution in [1.82, 2.24) is 4.98 Å². The molecule has 0 saturated heterocycles. The number of pyridine rings is 1. The normalized spacial score (nSPS) is 10.2. The van der Waals surface area contributed by atoms with Gasteiger partial charge in [-0.3, -0.25) is 0 Å². The molecule has 1 heterocycles. The largest absolute Gasteiger partial charge is 0.491 e. The first-order chi connectivity index (χ1) is 9.38. The van der Waals surface area contributed by atoms with E-state index in [1.807, 2.05) is 49.5 Å². The molecule has 0 spiro atoms. The molecule has 0 aliphatic heterocycles. The summed E-state index contributed by atoms with van der Waals surface area (Å²) in [6.45, 7) is 1.68. The summed E-state index contributed by atoms with van der Waals surface area (Å²) in [5.74, 6) is 1.72. The monoisotopic (exact) mass is 258 g/mol. The predicted octanol–water partition coefficient (Wildman–Crippen LogP) is 2.72. The predicted molar refractivity (Wildman–Crippen MR) is 75.4 cm³/mol. The molecule has 0 fully saturated rings. The lowest BCUT2D eigenvalue weighted by molar-refractivity contribution is 0.0889. The van der Waals surface area contributed by atoms with Gasteiger partial charge in [-0.15, -0.1) is 0 Å². The third-order valence-electron chi connectivity index (χ3n) is 2.59. The highest BCUT2D eigenvalue weighted by Crippen LogP contribution is 2.09. The van der Waals surface area contributed by atoms with Crippen LogP contribution in [0.1, 0.15) is 5.56 Å². The number of hydrogen-bond acceptors (Lipinski definition) is 4. The Hall–Kier alpha value is -2.07. The van der Waals surface area contributed by atoms with E-state index in [4.69, 9.17) is 9.47 Å². The fourth-order valence-corrected chi connectivity index (χ4v) is 1.63. The highest BCUT2D eigenvalue weighted by atomic mass is 16.5. The lowest BCUT2D eigenvalue weighted by Crippen LogP contribution is -2.06. The highest BCUT2D eigenvalue weighted by Gasteiger charge is 1.97. The van der Waals surface area contributed by atoms with Crippen LogP contribution in [-0.2, 0) is 11.3 Å². The van der Waals surface area contributed by atoms with Crippen molar-refractivity contribution in [2.45, 2.75) is 6.61 Å². The number of rotatable bonds is 7. The van der Waals surface area contributed by atoms with Gasteiger partial charge in [-0.2, -0.15) is 0 Å². The van der Waals surface area contributed by atoms with E-state index in [0.29, 0.717) is 19.8 Å². The zero-order chi connectivity index (χ0) is 13.3. The molecule has 4 heteroatoms. The van der Waals surface area contributed by atoms with E-state index in [9.17, 15) is 0 Å². The Kier molecular flexibility index (Phi) is 5.19. The van der Waals surface area contributed by atoms with Crippen molar-refractivity contribution in [2.75, 3.05) is 25.6 Å². The summed E-state index contributed by atoms with van der Waals surface area (Å²) >= 11 is 0. The van der Waals surface area contributed by atoms with E-state index >= 15 is 0 Å². The van der Waals surface area contributed by atoms with Crippen LogP contribution in [0.25, 0.3) is 0 Å². The van der Waals surface area contributed by atoms with Gasteiger partial charge in [-0.05, 0) is 29.8 Å². The lowest BCUT2D eigenvalue weighted by atomic mass is 10.3. The zero-order valence-electron chi connectivity index (χ0n) is 11.0. The van der Waals surface area contributed by atoms with Crippen LogP contribution in [-0.4, -0.2) is 25.2 Å². The number of aromatic nitrogens is 1. The first-order valence-corrected chi connectivity index (χ1v) is 6.27. The number of anilines is 1. The highest BCUT2D eigenvalue weighted by molar-refractivity contribution is 5.36. The first kappa shape index (κ1) is 13.4. The quantitative estimate of drug-likeness (QED) is 0.775. The van der Waals surface area contributed by atoms with Crippen LogP contribution in [0.3, 0.4) is 0 Å². The van der Waals surface area contributed by atoms with E-state index < -0.39 is 0 Å². The van der Waals surface area contributed by atoms with E-state index in [0.717, 1.165) is 17.1 Å². The van der Waals surface area contributed by atoms with Crippen LogP contribution in [0.5, 0.6) is 5.75 Å². The fraction of sp³-hybridized carbons (Fsp3) is 0.267. The van der Waals surface area contributed by atoms with E-state index in [1.54, 1.807) is 6.20 Å². The van der Waals surface area contributed by atoms with Crippen LogP contribution in [0.15, 0.2) is 48.7 Å². The first-order valence-electron chi connectivity index (χ1n) is 6.27. The Bertz CT molecular complexity index is 489. The number of hydrogen-bond donors (Lipinski definition) is 1. The third-order valence-corrected chi connectivity index (χ3v) is 2.59. The van der Waals surface area contributed by atoms with Crippen LogP contribution in [0, 0.1) is 0 Å². The molecular weight excluding hydrogens is 240 g/mol. The maximum Gasteiger partial charge on any atom is 0.125 e. The number of nitrogens with zero attached hydrogens (tertiary/aromatic N) is 1. The molecule has 1 aromatic carbocycles. The number of para-hydroxylation sites is 1. The molecule has 1 aromatic heterocycles. The number of ether oxygens (including phenoxy) is 2. The van der Waals surface area contributed by atoms with Crippen LogP contribution >= 0.6 is 0 Å². The molecule has 0 bridgehead atoms. The Balaban J connectivity index is 1.66.